The van der Waals surface area contributed by atoms with Gasteiger partial charge in [0, 0.05) is 0 Å². The molecule has 1 radical (unpaired) electrons. The Morgan fingerprint density at radius 3 is 2.40 bits per heavy atom. The van der Waals surface area contributed by atoms with E-state index in [0.29, 0.717) is 0 Å². The predicted octanol–water partition coefficient (Wildman–Crippen LogP) is -2.67. The Morgan fingerprint density at radius 2 is 2.00 bits per heavy atom. The molecule has 0 rings (SSSR count). The van der Waals surface area contributed by atoms with E-state index in [2.05, 4.69) is 6.95 Å². The molecule has 0 atom stereocenters. The summed E-state index contributed by atoms with van der Waals surface area (Å²) in [5.74, 6) is 0. The van der Waals surface area contributed by atoms with Gasteiger partial charge in [-0.3, -0.25) is 0 Å². The molecule has 0 unspecified atom stereocenters. The van der Waals surface area contributed by atoms with E-state index in [9.17, 15) is 0 Å². The van der Waals surface area contributed by atoms with Crippen LogP contribution in [0.5, 0.6) is 0 Å². The summed E-state index contributed by atoms with van der Waals surface area (Å²) >= 11 is -0.261. The van der Waals surface area contributed by atoms with Crippen molar-refractivity contribution in [3.8, 4) is 0 Å². The molecule has 10 heavy (non-hydrogen) atoms. The standard InChI is InChI=1S/C3H8NO.CH4N.2H2O.Sb/c1-5-3-2-4;1-2;;;/h4H,2-3H2,1H3;2H,1H3;2*1H2;/q2*-1;;;+2. The molecule has 0 aromatic carbocycles. The maximum Gasteiger partial charge on any atom is -0.412 e. The van der Waals surface area contributed by atoms with Crippen molar-refractivity contribution in [2.45, 2.75) is 0 Å². The van der Waals surface area contributed by atoms with Gasteiger partial charge >= 0.3 is 61.2 Å². The van der Waals surface area contributed by atoms with Crippen LogP contribution < -0.4 is 6.95 Å². The number of methoxy groups -OCH3 is 1. The fraction of sp³-hybridized carbons (Fsp3) is 1.00. The van der Waals surface area contributed by atoms with E-state index < -0.39 is 0 Å². The molecule has 0 amide bonds. The zero-order chi connectivity index (χ0) is 6.24. The zero-order valence-electron chi connectivity index (χ0n) is 6.27. The second-order valence-corrected chi connectivity index (χ2v) is 4.05. The van der Waals surface area contributed by atoms with Crippen molar-refractivity contribution in [1.82, 2.24) is 6.95 Å². The minimum Gasteiger partial charge on any atom is -0.412 e. The van der Waals surface area contributed by atoms with E-state index in [1.807, 2.05) is 7.05 Å². The molecule has 0 bridgehead atoms. The van der Waals surface area contributed by atoms with Crippen LogP contribution in [0.1, 0.15) is 0 Å². The fourth-order valence-electron chi connectivity index (χ4n) is 0.283. The largest absolute Gasteiger partial charge is 0.412 e. The predicted molar refractivity (Wildman–Crippen MR) is 41.9 cm³/mol. The summed E-state index contributed by atoms with van der Waals surface area (Å²) in [6.45, 7) is 1.80. The molecule has 0 aliphatic heterocycles. The Morgan fingerprint density at radius 1 is 1.40 bits per heavy atom. The SMILES string of the molecule is C[NH][Sb][NH]CCOC.O.O. The fourth-order valence-corrected chi connectivity index (χ4v) is 1.31. The summed E-state index contributed by atoms with van der Waals surface area (Å²) in [5.41, 5.74) is 0. The van der Waals surface area contributed by atoms with Crippen molar-refractivity contribution in [1.29, 1.82) is 0 Å². The van der Waals surface area contributed by atoms with Crippen molar-refractivity contribution in [2.24, 2.45) is 0 Å². The molecule has 0 heterocycles. The van der Waals surface area contributed by atoms with E-state index in [4.69, 9.17) is 4.74 Å². The van der Waals surface area contributed by atoms with Gasteiger partial charge in [-0.15, -0.1) is 0 Å². The Labute approximate surface area is 72.4 Å². The van der Waals surface area contributed by atoms with Gasteiger partial charge in [-0.1, -0.05) is 0 Å². The third-order valence-electron chi connectivity index (χ3n) is 0.609. The summed E-state index contributed by atoms with van der Waals surface area (Å²) in [6, 6.07) is 0. The topological polar surface area (TPSA) is 96.3 Å². The molecule has 0 aromatic heterocycles. The van der Waals surface area contributed by atoms with Gasteiger partial charge in [0.15, 0.2) is 0 Å². The summed E-state index contributed by atoms with van der Waals surface area (Å²) in [7, 11) is 3.68. The number of hydrogen-bond acceptors (Lipinski definition) is 3. The molecule has 0 aliphatic carbocycles. The van der Waals surface area contributed by atoms with E-state index in [1.165, 1.54) is 0 Å². The third-order valence-corrected chi connectivity index (χ3v) is 2.34. The van der Waals surface area contributed by atoms with Crippen LogP contribution in [0.3, 0.4) is 0 Å². The number of rotatable bonds is 5. The van der Waals surface area contributed by atoms with Gasteiger partial charge in [0.05, 0.1) is 0 Å². The van der Waals surface area contributed by atoms with Crippen LogP contribution in [0, 0.1) is 0 Å². The maximum atomic E-state index is 4.82. The van der Waals surface area contributed by atoms with Crippen molar-refractivity contribution >= 4 is 22.2 Å². The third kappa shape index (κ3) is 15.8. The van der Waals surface area contributed by atoms with Gasteiger partial charge in [0.25, 0.3) is 0 Å². The van der Waals surface area contributed by atoms with Crippen molar-refractivity contribution in [3.05, 3.63) is 0 Å². The molecule has 6 N–H and O–H groups in total. The molecule has 5 nitrogen and oxygen atoms in total. The summed E-state index contributed by atoms with van der Waals surface area (Å²) in [4.78, 5) is 0. The van der Waals surface area contributed by atoms with Crippen LogP contribution in [0.15, 0.2) is 0 Å². The summed E-state index contributed by atoms with van der Waals surface area (Å²) in [6.07, 6.45) is 0. The van der Waals surface area contributed by atoms with Crippen molar-refractivity contribution < 1.29 is 15.7 Å². The molecular weight excluding hydrogens is 246 g/mol. The van der Waals surface area contributed by atoms with Crippen LogP contribution in [-0.2, 0) is 4.74 Å². The average Bonchev–Trinajstić information content (AvgIpc) is 1.81. The smallest absolute Gasteiger partial charge is 0.412 e. The van der Waals surface area contributed by atoms with Gasteiger partial charge in [-0.2, -0.15) is 0 Å². The zero-order valence-corrected chi connectivity index (χ0v) is 8.82. The molecule has 0 spiro atoms. The average molecular weight is 262 g/mol. The molecule has 0 aromatic rings. The second kappa shape index (κ2) is 16.3. The first-order valence-corrected chi connectivity index (χ1v) is 5.05. The Bertz CT molecular complexity index is 43.5. The monoisotopic (exact) mass is 261 g/mol. The first-order valence-electron chi connectivity index (χ1n) is 2.50. The number of hydrogen-bond donors (Lipinski definition) is 2. The van der Waals surface area contributed by atoms with Crippen LogP contribution >= 0.6 is 0 Å². The van der Waals surface area contributed by atoms with Gasteiger partial charge in [0.2, 0.25) is 0 Å². The molecule has 65 valence electrons. The van der Waals surface area contributed by atoms with E-state index >= 15 is 0 Å². The molecule has 0 fully saturated rings. The van der Waals surface area contributed by atoms with Gasteiger partial charge < -0.3 is 11.0 Å². The van der Waals surface area contributed by atoms with Crippen LogP contribution in [0.25, 0.3) is 0 Å². The van der Waals surface area contributed by atoms with Gasteiger partial charge in [-0.05, 0) is 0 Å². The summed E-state index contributed by atoms with van der Waals surface area (Å²) in [5, 5.41) is 0. The molecule has 0 saturated carbocycles. The first kappa shape index (κ1) is 16.9. The van der Waals surface area contributed by atoms with E-state index in [1.54, 1.807) is 7.11 Å². The summed E-state index contributed by atoms with van der Waals surface area (Å²) < 4.78 is 11.2. The quantitative estimate of drug-likeness (QED) is 0.417. The molecule has 0 saturated heterocycles. The Balaban J connectivity index is -0.000000245. The normalized spacial score (nSPS) is 7.80. The van der Waals surface area contributed by atoms with Gasteiger partial charge in [-0.25, -0.2) is 0 Å². The minimum absolute atomic E-state index is 0. The van der Waals surface area contributed by atoms with E-state index in [0.717, 1.165) is 13.2 Å². The molecule has 6 heteroatoms. The number of nitrogens with one attached hydrogen (secondary N) is 2. The van der Waals surface area contributed by atoms with E-state index in [-0.39, 0.29) is 33.1 Å². The van der Waals surface area contributed by atoms with Gasteiger partial charge in [0.1, 0.15) is 0 Å². The first-order chi connectivity index (χ1) is 3.91. The van der Waals surface area contributed by atoms with Crippen LogP contribution in [0.4, 0.5) is 0 Å². The second-order valence-electron chi connectivity index (χ2n) is 1.24. The number of ether oxygens (including phenoxy) is 1. The minimum atomic E-state index is -0.261. The van der Waals surface area contributed by atoms with Crippen molar-refractivity contribution in [3.63, 3.8) is 0 Å². The van der Waals surface area contributed by atoms with Crippen LogP contribution in [0.2, 0.25) is 0 Å². The van der Waals surface area contributed by atoms with Crippen molar-refractivity contribution in [2.75, 3.05) is 27.3 Å². The Hall–Kier alpha value is 0.618. The Kier molecular flexibility index (Phi) is 27.6. The molecule has 0 aliphatic rings. The maximum absolute atomic E-state index is 4.82. The molecular formula is C4H16N2O3Sb. The van der Waals surface area contributed by atoms with Crippen LogP contribution in [-0.4, -0.2) is 60.4 Å².